The van der Waals surface area contributed by atoms with Crippen LogP contribution in [-0.4, -0.2) is 34.7 Å². The second-order valence-corrected chi connectivity index (χ2v) is 8.44. The number of rotatable bonds is 4. The van der Waals surface area contributed by atoms with E-state index >= 15 is 0 Å². The minimum atomic E-state index is 0.260. The summed E-state index contributed by atoms with van der Waals surface area (Å²) in [7, 11) is 0. The predicted octanol–water partition coefficient (Wildman–Crippen LogP) is 3.44. The lowest BCUT2D eigenvalue weighted by molar-refractivity contribution is 0.460. The van der Waals surface area contributed by atoms with Crippen molar-refractivity contribution in [2.75, 3.05) is 5.73 Å². The van der Waals surface area contributed by atoms with E-state index in [9.17, 15) is 0 Å². The summed E-state index contributed by atoms with van der Waals surface area (Å²) in [6.07, 6.45) is 10.9. The summed E-state index contributed by atoms with van der Waals surface area (Å²) in [5, 5.41) is 13.5. The van der Waals surface area contributed by atoms with Gasteiger partial charge in [-0.1, -0.05) is 42.3 Å². The molecule has 0 spiro atoms. The first-order valence-corrected chi connectivity index (χ1v) is 10.9. The van der Waals surface area contributed by atoms with Crippen molar-refractivity contribution >= 4 is 5.95 Å². The first-order chi connectivity index (χ1) is 15.2. The monoisotopic (exact) mass is 412 g/mol. The number of fused-ring (bicyclic) bond motifs is 3. The van der Waals surface area contributed by atoms with Crippen LogP contribution in [0, 0.1) is 0 Å². The third-order valence-corrected chi connectivity index (χ3v) is 6.41. The van der Waals surface area contributed by atoms with E-state index in [1.54, 1.807) is 0 Å². The number of nitrogens with zero attached hydrogens (tertiary/aromatic N) is 7. The molecule has 0 saturated heterocycles. The highest BCUT2D eigenvalue weighted by Crippen LogP contribution is 2.36. The Hall–Kier alpha value is -3.55. The fraction of sp³-hybridized carbons (Fsp3) is 0.348. The fourth-order valence-corrected chi connectivity index (χ4v) is 4.89. The molecule has 0 atom stereocenters. The van der Waals surface area contributed by atoms with Crippen molar-refractivity contribution in [2.24, 2.45) is 0 Å². The van der Waals surface area contributed by atoms with Crippen molar-refractivity contribution in [3.63, 3.8) is 0 Å². The second-order valence-electron chi connectivity index (χ2n) is 8.44. The zero-order valence-electron chi connectivity index (χ0n) is 17.3. The van der Waals surface area contributed by atoms with Gasteiger partial charge < -0.3 is 5.73 Å². The summed E-state index contributed by atoms with van der Waals surface area (Å²) < 4.78 is 3.93. The van der Waals surface area contributed by atoms with Gasteiger partial charge in [-0.2, -0.15) is 5.10 Å². The van der Waals surface area contributed by atoms with Crippen LogP contribution in [0.25, 0.3) is 22.6 Å². The molecule has 2 aliphatic rings. The molecule has 31 heavy (non-hydrogen) atoms. The molecule has 3 aromatic heterocycles. The highest BCUT2D eigenvalue weighted by molar-refractivity contribution is 5.76. The van der Waals surface area contributed by atoms with Gasteiger partial charge in [0.05, 0.1) is 30.2 Å². The maximum Gasteiger partial charge on any atom is 0.221 e. The molecule has 0 amide bonds. The Labute approximate surface area is 180 Å². The molecule has 0 unspecified atom stereocenters. The first-order valence-electron chi connectivity index (χ1n) is 10.9. The smallest absolute Gasteiger partial charge is 0.221 e. The molecule has 3 heterocycles. The SMILES string of the molecule is Nc1nc(-c2cn(Cc3ccn(C4CCCC4)n3)nn2)c2c(n1)-c1ccccc1CC2. The Morgan fingerprint density at radius 2 is 1.84 bits per heavy atom. The van der Waals surface area contributed by atoms with Crippen LogP contribution in [0.15, 0.2) is 42.7 Å². The minimum Gasteiger partial charge on any atom is -0.368 e. The molecule has 8 nitrogen and oxygen atoms in total. The zero-order valence-corrected chi connectivity index (χ0v) is 17.3. The second kappa shape index (κ2) is 7.30. The molecule has 2 N–H and O–H groups in total. The first kappa shape index (κ1) is 18.2. The summed E-state index contributed by atoms with van der Waals surface area (Å²) in [5.74, 6) is 0.260. The Kier molecular flexibility index (Phi) is 4.29. The lowest BCUT2D eigenvalue weighted by Crippen LogP contribution is -2.11. The predicted molar refractivity (Wildman–Crippen MR) is 117 cm³/mol. The van der Waals surface area contributed by atoms with E-state index in [1.165, 1.54) is 31.2 Å². The van der Waals surface area contributed by atoms with Gasteiger partial charge in [-0.15, -0.1) is 5.10 Å². The number of nitrogens with two attached hydrogens (primary N) is 1. The van der Waals surface area contributed by atoms with Crippen LogP contribution in [0.1, 0.15) is 48.5 Å². The van der Waals surface area contributed by atoms with Gasteiger partial charge >= 0.3 is 0 Å². The normalized spacial score (nSPS) is 15.7. The molecule has 1 fully saturated rings. The van der Waals surface area contributed by atoms with E-state index in [0.717, 1.165) is 46.7 Å². The molecule has 156 valence electrons. The van der Waals surface area contributed by atoms with Crippen LogP contribution in [0.5, 0.6) is 0 Å². The number of hydrogen-bond donors (Lipinski definition) is 1. The highest BCUT2D eigenvalue weighted by atomic mass is 15.4. The summed E-state index contributed by atoms with van der Waals surface area (Å²) in [6, 6.07) is 11.0. The van der Waals surface area contributed by atoms with E-state index in [4.69, 9.17) is 10.8 Å². The van der Waals surface area contributed by atoms with Crippen LogP contribution in [0.2, 0.25) is 0 Å². The number of benzene rings is 1. The van der Waals surface area contributed by atoms with Crippen molar-refractivity contribution in [3.8, 4) is 22.6 Å². The summed E-state index contributed by atoms with van der Waals surface area (Å²) in [5.41, 5.74) is 13.0. The van der Waals surface area contributed by atoms with E-state index < -0.39 is 0 Å². The Morgan fingerprint density at radius 1 is 1.00 bits per heavy atom. The van der Waals surface area contributed by atoms with Gasteiger partial charge in [0.25, 0.3) is 0 Å². The van der Waals surface area contributed by atoms with Crippen LogP contribution in [-0.2, 0) is 19.4 Å². The Morgan fingerprint density at radius 3 is 2.74 bits per heavy atom. The highest BCUT2D eigenvalue weighted by Gasteiger charge is 2.24. The molecule has 0 bridgehead atoms. The third-order valence-electron chi connectivity index (χ3n) is 6.41. The van der Waals surface area contributed by atoms with E-state index in [0.29, 0.717) is 12.6 Å². The van der Waals surface area contributed by atoms with Crippen LogP contribution < -0.4 is 5.73 Å². The summed E-state index contributed by atoms with van der Waals surface area (Å²) in [6.45, 7) is 0.582. The van der Waals surface area contributed by atoms with Crippen molar-refractivity contribution in [1.82, 2.24) is 34.7 Å². The van der Waals surface area contributed by atoms with Crippen molar-refractivity contribution < 1.29 is 0 Å². The van der Waals surface area contributed by atoms with Crippen molar-refractivity contribution in [2.45, 2.75) is 51.1 Å². The molecule has 2 aliphatic carbocycles. The standard InChI is InChI=1S/C23H24N8/c24-23-25-21-18-8-4-1-5-15(18)9-10-19(21)22(26-23)20-14-30(29-27-20)13-16-11-12-31(28-16)17-6-2-3-7-17/h1,4-5,8,11-12,14,17H,2-3,6-7,9-10,13H2,(H2,24,25,26). The van der Waals surface area contributed by atoms with E-state index in [-0.39, 0.29) is 5.95 Å². The van der Waals surface area contributed by atoms with Crippen LogP contribution in [0.4, 0.5) is 5.95 Å². The van der Waals surface area contributed by atoms with Gasteiger partial charge in [-0.25, -0.2) is 14.6 Å². The van der Waals surface area contributed by atoms with E-state index in [1.807, 2.05) is 16.9 Å². The third kappa shape index (κ3) is 3.28. The number of aryl methyl sites for hydroxylation is 1. The van der Waals surface area contributed by atoms with Gasteiger partial charge in [0, 0.05) is 17.3 Å². The Bertz CT molecular complexity index is 1250. The summed E-state index contributed by atoms with van der Waals surface area (Å²) >= 11 is 0. The van der Waals surface area contributed by atoms with Crippen molar-refractivity contribution in [1.29, 1.82) is 0 Å². The van der Waals surface area contributed by atoms with Crippen molar-refractivity contribution in [3.05, 3.63) is 59.5 Å². The topological polar surface area (TPSA) is 100 Å². The molecule has 1 aromatic carbocycles. The van der Waals surface area contributed by atoms with E-state index in [2.05, 4.69) is 55.4 Å². The average Bonchev–Trinajstić information content (AvgIpc) is 3.55. The zero-order chi connectivity index (χ0) is 20.8. The van der Waals surface area contributed by atoms with Gasteiger partial charge in [-0.3, -0.25) is 4.68 Å². The van der Waals surface area contributed by atoms with Crippen LogP contribution >= 0.6 is 0 Å². The van der Waals surface area contributed by atoms with Crippen LogP contribution in [0.3, 0.4) is 0 Å². The summed E-state index contributed by atoms with van der Waals surface area (Å²) in [4.78, 5) is 9.09. The lowest BCUT2D eigenvalue weighted by Gasteiger charge is -2.20. The molecule has 6 rings (SSSR count). The molecule has 0 aliphatic heterocycles. The molecule has 8 heteroatoms. The van der Waals surface area contributed by atoms with Gasteiger partial charge in [0.15, 0.2) is 0 Å². The number of aromatic nitrogens is 7. The Balaban J connectivity index is 1.31. The van der Waals surface area contributed by atoms with Gasteiger partial charge in [-0.05, 0) is 37.3 Å². The molecular formula is C23H24N8. The quantitative estimate of drug-likeness (QED) is 0.551. The minimum absolute atomic E-state index is 0.260. The maximum atomic E-state index is 6.08. The molecule has 0 radical (unpaired) electrons. The molecule has 4 aromatic rings. The van der Waals surface area contributed by atoms with Gasteiger partial charge in [0.2, 0.25) is 5.95 Å². The molecule has 1 saturated carbocycles. The number of hydrogen-bond acceptors (Lipinski definition) is 6. The molecular weight excluding hydrogens is 388 g/mol. The number of nitrogen functional groups attached to an aromatic ring is 1. The lowest BCUT2D eigenvalue weighted by atomic mass is 9.88. The maximum absolute atomic E-state index is 6.08. The average molecular weight is 413 g/mol. The fourth-order valence-electron chi connectivity index (χ4n) is 4.89. The van der Waals surface area contributed by atoms with Gasteiger partial charge in [0.1, 0.15) is 11.4 Å². The largest absolute Gasteiger partial charge is 0.368 e. The number of anilines is 1.